The summed E-state index contributed by atoms with van der Waals surface area (Å²) in [7, 11) is 0. The number of ether oxygens (including phenoxy) is 2. The van der Waals surface area contributed by atoms with Gasteiger partial charge in [0.2, 0.25) is 0 Å². The van der Waals surface area contributed by atoms with Crippen molar-refractivity contribution in [1.82, 2.24) is 4.90 Å². The molecule has 2 aliphatic rings. The van der Waals surface area contributed by atoms with Crippen LogP contribution in [0.3, 0.4) is 0 Å². The molecule has 2 aromatic carbocycles. The zero-order valence-corrected chi connectivity index (χ0v) is 18.3. The van der Waals surface area contributed by atoms with Gasteiger partial charge in [0.15, 0.2) is 12.4 Å². The number of hydrogen-bond acceptors (Lipinski definition) is 4. The SMILES string of the molecule is Cc1cc2c(cc1C)C(=O)CC1(CCN(C(=O)COc3ccc(Cl)c(C)c3)CC1)O2. The third-order valence-electron chi connectivity index (χ3n) is 6.22. The summed E-state index contributed by atoms with van der Waals surface area (Å²) in [6.45, 7) is 7.01. The molecule has 1 spiro atoms. The van der Waals surface area contributed by atoms with E-state index in [1.165, 1.54) is 0 Å². The molecule has 30 heavy (non-hydrogen) atoms. The Bertz CT molecular complexity index is 1010. The van der Waals surface area contributed by atoms with E-state index in [-0.39, 0.29) is 18.3 Å². The Hall–Kier alpha value is -2.53. The second kappa shape index (κ2) is 7.95. The average molecular weight is 428 g/mol. The number of halogens is 1. The second-order valence-corrected chi connectivity index (χ2v) is 8.81. The van der Waals surface area contributed by atoms with Crippen LogP contribution < -0.4 is 9.47 Å². The van der Waals surface area contributed by atoms with E-state index < -0.39 is 5.60 Å². The number of fused-ring (bicyclic) bond motifs is 1. The molecule has 1 saturated heterocycles. The number of carbonyl (C=O) groups excluding carboxylic acids is 2. The number of ketones is 1. The maximum atomic E-state index is 12.8. The lowest BCUT2D eigenvalue weighted by Gasteiger charge is -2.44. The summed E-state index contributed by atoms with van der Waals surface area (Å²) in [4.78, 5) is 27.2. The number of nitrogens with zero attached hydrogens (tertiary/aromatic N) is 1. The fourth-order valence-electron chi connectivity index (χ4n) is 4.14. The number of hydrogen-bond donors (Lipinski definition) is 0. The number of rotatable bonds is 3. The van der Waals surface area contributed by atoms with Gasteiger partial charge in [-0.15, -0.1) is 0 Å². The Balaban J connectivity index is 1.37. The molecule has 0 bridgehead atoms. The van der Waals surface area contributed by atoms with Crippen LogP contribution in [0.5, 0.6) is 11.5 Å². The number of likely N-dealkylation sites (tertiary alicyclic amines) is 1. The van der Waals surface area contributed by atoms with E-state index in [0.717, 1.165) is 16.7 Å². The quantitative estimate of drug-likeness (QED) is 0.714. The number of benzene rings is 2. The third kappa shape index (κ3) is 4.04. The van der Waals surface area contributed by atoms with Gasteiger partial charge in [0, 0.05) is 31.0 Å². The average Bonchev–Trinajstić information content (AvgIpc) is 2.71. The minimum Gasteiger partial charge on any atom is -0.486 e. The minimum atomic E-state index is -0.517. The van der Waals surface area contributed by atoms with E-state index in [1.807, 2.05) is 39.0 Å². The van der Waals surface area contributed by atoms with Crippen molar-refractivity contribution >= 4 is 23.3 Å². The summed E-state index contributed by atoms with van der Waals surface area (Å²) in [6, 6.07) is 9.23. The smallest absolute Gasteiger partial charge is 0.260 e. The second-order valence-electron chi connectivity index (χ2n) is 8.40. The molecule has 1 fully saturated rings. The van der Waals surface area contributed by atoms with E-state index in [1.54, 1.807) is 17.0 Å². The Kier molecular flexibility index (Phi) is 5.49. The van der Waals surface area contributed by atoms with Crippen LogP contribution in [0, 0.1) is 20.8 Å². The minimum absolute atomic E-state index is 0.0187. The maximum absolute atomic E-state index is 12.8. The summed E-state index contributed by atoms with van der Waals surface area (Å²) in [5.74, 6) is 1.37. The molecule has 0 saturated carbocycles. The highest BCUT2D eigenvalue weighted by Gasteiger charge is 2.43. The monoisotopic (exact) mass is 427 g/mol. The van der Waals surface area contributed by atoms with E-state index >= 15 is 0 Å². The molecule has 0 N–H and O–H groups in total. The predicted octanol–water partition coefficient (Wildman–Crippen LogP) is 4.67. The van der Waals surface area contributed by atoms with Crippen LogP contribution in [0.25, 0.3) is 0 Å². The lowest BCUT2D eigenvalue weighted by atomic mass is 9.82. The molecule has 5 nitrogen and oxygen atoms in total. The molecule has 1 amide bonds. The standard InChI is InChI=1S/C24H26ClNO4/c1-15-11-19-21(27)13-24(30-22(19)12-16(15)2)6-8-26(9-7-24)23(28)14-29-18-4-5-20(25)17(3)10-18/h4-5,10-12H,6-9,13-14H2,1-3H3. The van der Waals surface area contributed by atoms with E-state index in [0.29, 0.717) is 54.4 Å². The van der Waals surface area contributed by atoms with E-state index in [9.17, 15) is 9.59 Å². The first kappa shape index (κ1) is 20.7. The lowest BCUT2D eigenvalue weighted by Crippen LogP contribution is -2.53. The first-order valence-electron chi connectivity index (χ1n) is 10.3. The molecule has 0 radical (unpaired) electrons. The highest BCUT2D eigenvalue weighted by Crippen LogP contribution is 2.40. The Morgan fingerprint density at radius 2 is 1.80 bits per heavy atom. The summed E-state index contributed by atoms with van der Waals surface area (Å²) in [5, 5.41) is 0.670. The number of amides is 1. The Labute approximate surface area is 181 Å². The van der Waals surface area contributed by atoms with Gasteiger partial charge < -0.3 is 14.4 Å². The molecule has 0 unspecified atom stereocenters. The normalized spacial score (nSPS) is 17.5. The van der Waals surface area contributed by atoms with Crippen molar-refractivity contribution in [2.75, 3.05) is 19.7 Å². The molecule has 158 valence electrons. The number of piperidine rings is 1. The van der Waals surface area contributed by atoms with Crippen molar-refractivity contribution in [3.05, 3.63) is 57.6 Å². The van der Waals surface area contributed by atoms with Gasteiger partial charge in [0.05, 0.1) is 12.0 Å². The fraction of sp³-hybridized carbons (Fsp3) is 0.417. The lowest BCUT2D eigenvalue weighted by molar-refractivity contribution is -0.136. The van der Waals surface area contributed by atoms with Gasteiger partial charge in [-0.3, -0.25) is 9.59 Å². The van der Waals surface area contributed by atoms with Crippen molar-refractivity contribution in [1.29, 1.82) is 0 Å². The van der Waals surface area contributed by atoms with Gasteiger partial charge in [-0.2, -0.15) is 0 Å². The summed E-state index contributed by atoms with van der Waals surface area (Å²) in [6.07, 6.45) is 1.64. The molecule has 4 rings (SSSR count). The largest absolute Gasteiger partial charge is 0.486 e. The first-order chi connectivity index (χ1) is 14.3. The Morgan fingerprint density at radius 1 is 1.10 bits per heavy atom. The number of aryl methyl sites for hydroxylation is 3. The van der Waals surface area contributed by atoms with Gasteiger partial charge >= 0.3 is 0 Å². The predicted molar refractivity (Wildman–Crippen MR) is 116 cm³/mol. The zero-order chi connectivity index (χ0) is 21.5. The first-order valence-corrected chi connectivity index (χ1v) is 10.6. The van der Waals surface area contributed by atoms with Crippen LogP contribution in [0.4, 0.5) is 0 Å². The van der Waals surface area contributed by atoms with Crippen molar-refractivity contribution in [3.63, 3.8) is 0 Å². The van der Waals surface area contributed by atoms with E-state index in [2.05, 4.69) is 0 Å². The zero-order valence-electron chi connectivity index (χ0n) is 17.6. The van der Waals surface area contributed by atoms with Gasteiger partial charge in [-0.25, -0.2) is 0 Å². The van der Waals surface area contributed by atoms with Crippen molar-refractivity contribution < 1.29 is 19.1 Å². The van der Waals surface area contributed by atoms with Crippen LogP contribution in [-0.4, -0.2) is 41.9 Å². The number of carbonyl (C=O) groups is 2. The molecule has 0 aliphatic carbocycles. The van der Waals surface area contributed by atoms with Crippen LogP contribution in [-0.2, 0) is 4.79 Å². The molecular weight excluding hydrogens is 402 g/mol. The summed E-state index contributed by atoms with van der Waals surface area (Å²) >= 11 is 6.03. The van der Waals surface area contributed by atoms with Crippen LogP contribution >= 0.6 is 11.6 Å². The van der Waals surface area contributed by atoms with Gasteiger partial charge in [-0.05, 0) is 67.8 Å². The third-order valence-corrected chi connectivity index (χ3v) is 6.65. The molecule has 0 atom stereocenters. The van der Waals surface area contributed by atoms with Crippen LogP contribution in [0.15, 0.2) is 30.3 Å². The fourth-order valence-corrected chi connectivity index (χ4v) is 4.25. The van der Waals surface area contributed by atoms with Crippen molar-refractivity contribution in [2.45, 2.75) is 45.6 Å². The molecule has 2 aromatic rings. The van der Waals surface area contributed by atoms with Crippen molar-refractivity contribution in [3.8, 4) is 11.5 Å². The van der Waals surface area contributed by atoms with Gasteiger partial charge in [0.25, 0.3) is 5.91 Å². The molecule has 2 aliphatic heterocycles. The summed E-state index contributed by atoms with van der Waals surface area (Å²) in [5.41, 5.74) is 3.27. The topological polar surface area (TPSA) is 55.8 Å². The molecule has 0 aromatic heterocycles. The Morgan fingerprint density at radius 3 is 2.50 bits per heavy atom. The highest BCUT2D eigenvalue weighted by atomic mass is 35.5. The van der Waals surface area contributed by atoms with Crippen LogP contribution in [0.2, 0.25) is 5.02 Å². The van der Waals surface area contributed by atoms with Crippen molar-refractivity contribution in [2.24, 2.45) is 0 Å². The van der Waals surface area contributed by atoms with E-state index in [4.69, 9.17) is 21.1 Å². The van der Waals surface area contributed by atoms with Gasteiger partial charge in [0.1, 0.15) is 17.1 Å². The molecular formula is C24H26ClNO4. The maximum Gasteiger partial charge on any atom is 0.260 e. The van der Waals surface area contributed by atoms with Gasteiger partial charge in [-0.1, -0.05) is 11.6 Å². The number of Topliss-reactive ketones (excluding diaryl/α,β-unsaturated/α-hetero) is 1. The highest BCUT2D eigenvalue weighted by molar-refractivity contribution is 6.31. The molecule has 2 heterocycles. The summed E-state index contributed by atoms with van der Waals surface area (Å²) < 4.78 is 12.0. The van der Waals surface area contributed by atoms with Crippen LogP contribution in [0.1, 0.15) is 46.3 Å². The molecule has 6 heteroatoms.